The highest BCUT2D eigenvalue weighted by molar-refractivity contribution is 7.98. The van der Waals surface area contributed by atoms with Crippen molar-refractivity contribution in [2.45, 2.75) is 44.4 Å². The molecule has 1 amide bonds. The molecule has 7 heteroatoms. The van der Waals surface area contributed by atoms with Crippen LogP contribution in [0.3, 0.4) is 0 Å². The van der Waals surface area contributed by atoms with Gasteiger partial charge in [0.1, 0.15) is 16.5 Å². The van der Waals surface area contributed by atoms with Crippen molar-refractivity contribution < 1.29 is 4.79 Å². The van der Waals surface area contributed by atoms with Gasteiger partial charge in [-0.2, -0.15) is 0 Å². The van der Waals surface area contributed by atoms with Gasteiger partial charge in [0, 0.05) is 24.5 Å². The fourth-order valence-corrected chi connectivity index (χ4v) is 5.51. The highest BCUT2D eigenvalue weighted by atomic mass is 32.2. The van der Waals surface area contributed by atoms with Gasteiger partial charge >= 0.3 is 0 Å². The van der Waals surface area contributed by atoms with Crippen molar-refractivity contribution in [3.63, 3.8) is 0 Å². The van der Waals surface area contributed by atoms with Crippen LogP contribution in [0.2, 0.25) is 0 Å². The van der Waals surface area contributed by atoms with E-state index in [2.05, 4.69) is 45.7 Å². The van der Waals surface area contributed by atoms with E-state index in [-0.39, 0.29) is 5.91 Å². The number of fused-ring (bicyclic) bond motifs is 1. The maximum Gasteiger partial charge on any atom is 0.261 e. The summed E-state index contributed by atoms with van der Waals surface area (Å²) in [6.07, 6.45) is 6.56. The van der Waals surface area contributed by atoms with Gasteiger partial charge in [0.05, 0.1) is 10.3 Å². The Bertz CT molecular complexity index is 1040. The van der Waals surface area contributed by atoms with Crippen molar-refractivity contribution in [3.05, 3.63) is 46.1 Å². The molecule has 0 atom stereocenters. The highest BCUT2D eigenvalue weighted by Gasteiger charge is 2.23. The molecule has 1 aliphatic heterocycles. The molecular weight excluding hydrogens is 412 g/mol. The van der Waals surface area contributed by atoms with Gasteiger partial charge in [-0.25, -0.2) is 9.97 Å². The van der Waals surface area contributed by atoms with E-state index in [0.717, 1.165) is 51.8 Å². The summed E-state index contributed by atoms with van der Waals surface area (Å²) in [5.74, 6) is 1.75. The molecule has 2 aromatic heterocycles. The lowest BCUT2D eigenvalue weighted by molar-refractivity contribution is 0.0957. The summed E-state index contributed by atoms with van der Waals surface area (Å²) in [6.45, 7) is 6.63. The van der Waals surface area contributed by atoms with Crippen LogP contribution >= 0.6 is 23.1 Å². The number of anilines is 1. The minimum absolute atomic E-state index is 0.0153. The third-order valence-electron chi connectivity index (χ3n) is 5.60. The van der Waals surface area contributed by atoms with E-state index in [1.807, 2.05) is 13.8 Å². The Balaban J connectivity index is 1.51. The third kappa shape index (κ3) is 4.47. The summed E-state index contributed by atoms with van der Waals surface area (Å²) < 4.78 is 0. The second-order valence-corrected chi connectivity index (χ2v) is 9.61. The van der Waals surface area contributed by atoms with E-state index in [9.17, 15) is 4.79 Å². The van der Waals surface area contributed by atoms with Gasteiger partial charge < -0.3 is 10.2 Å². The minimum atomic E-state index is -0.0153. The van der Waals surface area contributed by atoms with Crippen molar-refractivity contribution in [3.8, 4) is 0 Å². The summed E-state index contributed by atoms with van der Waals surface area (Å²) in [5.41, 5.74) is 2.23. The second-order valence-electron chi connectivity index (χ2n) is 7.73. The molecule has 0 bridgehead atoms. The maximum atomic E-state index is 12.9. The molecule has 1 saturated heterocycles. The molecule has 158 valence electrons. The molecule has 0 unspecified atom stereocenters. The van der Waals surface area contributed by atoms with Gasteiger partial charge in [-0.15, -0.1) is 23.1 Å². The first kappa shape index (κ1) is 21.1. The maximum absolute atomic E-state index is 12.9. The average Bonchev–Trinajstić information content (AvgIpc) is 3.10. The number of nitrogens with one attached hydrogen (secondary N) is 1. The normalized spacial score (nSPS) is 14.3. The topological polar surface area (TPSA) is 58.1 Å². The Morgan fingerprint density at radius 1 is 1.13 bits per heavy atom. The SMILES string of the molecule is CSc1ccc(CCNC(=O)c2sc3nc(C)nc(N4CCCCC4)c3c2C)cc1. The number of carbonyl (C=O) groups is 1. The minimum Gasteiger partial charge on any atom is -0.356 e. The fraction of sp³-hybridized carbons (Fsp3) is 0.435. The number of benzene rings is 1. The van der Waals surface area contributed by atoms with Crippen molar-refractivity contribution in [2.24, 2.45) is 0 Å². The Morgan fingerprint density at radius 3 is 2.57 bits per heavy atom. The lowest BCUT2D eigenvalue weighted by Crippen LogP contribution is -2.30. The predicted octanol–water partition coefficient (Wildman–Crippen LogP) is 4.99. The van der Waals surface area contributed by atoms with Crippen LogP contribution in [-0.2, 0) is 6.42 Å². The first-order valence-electron chi connectivity index (χ1n) is 10.5. The Kier molecular flexibility index (Phi) is 6.58. The lowest BCUT2D eigenvalue weighted by atomic mass is 10.1. The van der Waals surface area contributed by atoms with E-state index >= 15 is 0 Å². The number of thiophene rings is 1. The summed E-state index contributed by atoms with van der Waals surface area (Å²) >= 11 is 3.22. The van der Waals surface area contributed by atoms with E-state index < -0.39 is 0 Å². The summed E-state index contributed by atoms with van der Waals surface area (Å²) in [7, 11) is 0. The molecule has 1 fully saturated rings. The quantitative estimate of drug-likeness (QED) is 0.547. The van der Waals surface area contributed by atoms with Crippen molar-refractivity contribution >= 4 is 45.0 Å². The summed E-state index contributed by atoms with van der Waals surface area (Å²) in [6, 6.07) is 8.51. The van der Waals surface area contributed by atoms with Crippen LogP contribution in [-0.4, -0.2) is 41.8 Å². The smallest absolute Gasteiger partial charge is 0.261 e. The van der Waals surface area contributed by atoms with Crippen molar-refractivity contribution in [2.75, 3.05) is 30.8 Å². The first-order chi connectivity index (χ1) is 14.6. The fourth-order valence-electron chi connectivity index (χ4n) is 3.97. The number of nitrogens with zero attached hydrogens (tertiary/aromatic N) is 3. The molecule has 0 aliphatic carbocycles. The number of thioether (sulfide) groups is 1. The zero-order valence-corrected chi connectivity index (χ0v) is 19.5. The number of aryl methyl sites for hydroxylation is 2. The molecular formula is C23H28N4OS2. The van der Waals surface area contributed by atoms with E-state index in [0.29, 0.717) is 6.54 Å². The van der Waals surface area contributed by atoms with E-state index in [1.165, 1.54) is 41.1 Å². The zero-order valence-electron chi connectivity index (χ0n) is 17.8. The predicted molar refractivity (Wildman–Crippen MR) is 127 cm³/mol. The number of carbonyl (C=O) groups excluding carboxylic acids is 1. The Hall–Kier alpha value is -2.12. The van der Waals surface area contributed by atoms with Gasteiger partial charge in [0.15, 0.2) is 0 Å². The number of piperidine rings is 1. The standard InChI is InChI=1S/C23H28N4OS2/c1-15-19-21(27-13-5-4-6-14-27)25-16(2)26-23(19)30-20(15)22(28)24-12-11-17-7-9-18(29-3)10-8-17/h7-10H,4-6,11-14H2,1-3H3,(H,24,28). The molecule has 3 heterocycles. The van der Waals surface area contributed by atoms with Crippen LogP contribution in [0.5, 0.6) is 0 Å². The third-order valence-corrected chi connectivity index (χ3v) is 7.53. The number of hydrogen-bond acceptors (Lipinski definition) is 6. The van der Waals surface area contributed by atoms with Crippen LogP contribution in [0.25, 0.3) is 10.2 Å². The molecule has 0 saturated carbocycles. The molecule has 3 aromatic rings. The van der Waals surface area contributed by atoms with Crippen LogP contribution in [0.1, 0.15) is 45.9 Å². The van der Waals surface area contributed by atoms with Crippen LogP contribution in [0.4, 0.5) is 5.82 Å². The Labute approximate surface area is 186 Å². The van der Waals surface area contributed by atoms with Gasteiger partial charge in [-0.3, -0.25) is 4.79 Å². The zero-order chi connectivity index (χ0) is 21.1. The highest BCUT2D eigenvalue weighted by Crippen LogP contribution is 2.36. The lowest BCUT2D eigenvalue weighted by Gasteiger charge is -2.28. The monoisotopic (exact) mass is 440 g/mol. The van der Waals surface area contributed by atoms with Gasteiger partial charge in [-0.1, -0.05) is 12.1 Å². The molecule has 1 aliphatic rings. The number of rotatable bonds is 6. The van der Waals surface area contributed by atoms with Crippen LogP contribution < -0.4 is 10.2 Å². The molecule has 0 radical (unpaired) electrons. The molecule has 4 rings (SSSR count). The van der Waals surface area contributed by atoms with Gasteiger partial charge in [0.25, 0.3) is 5.91 Å². The van der Waals surface area contributed by atoms with Crippen LogP contribution in [0.15, 0.2) is 29.2 Å². The molecule has 30 heavy (non-hydrogen) atoms. The van der Waals surface area contributed by atoms with E-state index in [4.69, 9.17) is 4.98 Å². The molecule has 0 spiro atoms. The second kappa shape index (κ2) is 9.35. The largest absolute Gasteiger partial charge is 0.356 e. The molecule has 1 aromatic carbocycles. The molecule has 5 nitrogen and oxygen atoms in total. The van der Waals surface area contributed by atoms with Crippen molar-refractivity contribution in [1.29, 1.82) is 0 Å². The summed E-state index contributed by atoms with van der Waals surface area (Å²) in [4.78, 5) is 27.6. The number of amides is 1. The van der Waals surface area contributed by atoms with Gasteiger partial charge in [0.2, 0.25) is 0 Å². The number of aromatic nitrogens is 2. The molecule has 1 N–H and O–H groups in total. The first-order valence-corrected chi connectivity index (χ1v) is 12.5. The van der Waals surface area contributed by atoms with E-state index in [1.54, 1.807) is 11.8 Å². The summed E-state index contributed by atoms with van der Waals surface area (Å²) in [5, 5.41) is 4.14. The number of hydrogen-bond donors (Lipinski definition) is 1. The van der Waals surface area contributed by atoms with Gasteiger partial charge in [-0.05, 0) is 69.0 Å². The Morgan fingerprint density at radius 2 is 1.87 bits per heavy atom. The van der Waals surface area contributed by atoms with Crippen molar-refractivity contribution in [1.82, 2.24) is 15.3 Å². The average molecular weight is 441 g/mol. The van der Waals surface area contributed by atoms with Crippen LogP contribution in [0, 0.1) is 13.8 Å².